The molecule has 16 N–H and O–H groups in total. The maximum atomic E-state index is 16.0. The first kappa shape index (κ1) is 69.2. The molecule has 16 rings (SSSR count). The topological polar surface area (TPSA) is 449 Å². The van der Waals surface area contributed by atoms with Crippen molar-refractivity contribution in [2.45, 2.75) is 68.0 Å². The molecular weight excluding hydrogens is 1370 g/mol. The molecule has 29 nitrogen and oxygen atoms in total. The number of ether oxygens (including phenoxy) is 4. The molecule has 0 saturated carbocycles. The SMILES string of the molecule is COC(=O)[C@@H]1NC(=O)[C@@H]2NC(=O)[C@H](NC(=O)[C@@H]3NC(=O)[C@H]4NC(=O)[C@H](NC(=O)[C@H](Nc5c(NCc6ccc(-c7ccccc7)cc6)c(=O)c5=O)c5ccc(O)c(c5)Oc5cc4cc(O)c5C)[C@H](O)c4ccc(cc4)Oc4cc3cc(c4O)Oc3ccc(cc3)[C@H]2O)c2ccc(O)c(c2)-c2c(O)cc(O)cc21. The van der Waals surface area contributed by atoms with E-state index in [1.54, 1.807) is 0 Å². The lowest BCUT2D eigenvalue weighted by atomic mass is 9.89. The number of aliphatic hydroxyl groups is 2. The molecule has 17 bridgehead atoms. The Kier molecular flexibility index (Phi) is 18.1. The van der Waals surface area contributed by atoms with Gasteiger partial charge in [0.2, 0.25) is 41.2 Å². The van der Waals surface area contributed by atoms with Gasteiger partial charge in [-0.2, -0.15) is 0 Å². The van der Waals surface area contributed by atoms with Crippen molar-refractivity contribution in [2.75, 3.05) is 17.7 Å². The molecular formula is C77H62N8O21. The molecule has 0 aliphatic carbocycles. The zero-order valence-corrected chi connectivity index (χ0v) is 55.5. The summed E-state index contributed by atoms with van der Waals surface area (Å²) >= 11 is 0. The van der Waals surface area contributed by atoms with Gasteiger partial charge >= 0.3 is 5.97 Å². The predicted molar refractivity (Wildman–Crippen MR) is 375 cm³/mol. The van der Waals surface area contributed by atoms with Crippen LogP contribution in [0.4, 0.5) is 11.4 Å². The van der Waals surface area contributed by atoms with Crippen molar-refractivity contribution in [2.24, 2.45) is 0 Å². The van der Waals surface area contributed by atoms with Crippen molar-refractivity contribution in [3.8, 4) is 91.2 Å². The lowest BCUT2D eigenvalue weighted by molar-refractivity contribution is -0.146. The molecule has 0 radical (unpaired) electrons. The quantitative estimate of drug-likeness (QED) is 0.0590. The van der Waals surface area contributed by atoms with E-state index in [1.807, 2.05) is 54.6 Å². The number of methoxy groups -OCH3 is 1. The molecule has 106 heavy (non-hydrogen) atoms. The second-order valence-corrected chi connectivity index (χ2v) is 25.5. The van der Waals surface area contributed by atoms with Gasteiger partial charge in [0.1, 0.15) is 100 Å². The Morgan fingerprint density at radius 1 is 0.453 bits per heavy atom. The van der Waals surface area contributed by atoms with E-state index in [2.05, 4.69) is 42.5 Å². The lowest BCUT2D eigenvalue weighted by Crippen LogP contribution is -2.55. The number of nitrogens with one attached hydrogen (secondary N) is 8. The first-order valence-electron chi connectivity index (χ1n) is 32.8. The van der Waals surface area contributed by atoms with E-state index in [4.69, 9.17) is 18.9 Å². The molecule has 6 heterocycles. The summed E-state index contributed by atoms with van der Waals surface area (Å²) in [6.07, 6.45) is -4.13. The zero-order chi connectivity index (χ0) is 74.7. The molecule has 6 aliphatic heterocycles. The monoisotopic (exact) mass is 1430 g/mol. The zero-order valence-electron chi connectivity index (χ0n) is 55.5. The van der Waals surface area contributed by atoms with Gasteiger partial charge in [0, 0.05) is 34.9 Å². The fourth-order valence-corrected chi connectivity index (χ4v) is 13.0. The highest BCUT2D eigenvalue weighted by Crippen LogP contribution is 2.48. The Hall–Kier alpha value is -13.9. The molecule has 0 spiro atoms. The molecule has 9 atom stereocenters. The van der Waals surface area contributed by atoms with Crippen LogP contribution in [0.5, 0.6) is 69.0 Å². The molecule has 0 aromatic heterocycles. The lowest BCUT2D eigenvalue weighted by Gasteiger charge is -2.32. The second-order valence-electron chi connectivity index (χ2n) is 25.5. The van der Waals surface area contributed by atoms with Crippen LogP contribution < -0.4 is 67.6 Å². The highest BCUT2D eigenvalue weighted by atomic mass is 16.5. The second kappa shape index (κ2) is 27.8. The molecule has 10 aromatic rings. The van der Waals surface area contributed by atoms with Crippen molar-refractivity contribution in [1.29, 1.82) is 0 Å². The Balaban J connectivity index is 0.902. The van der Waals surface area contributed by atoms with Crippen LogP contribution in [0.1, 0.15) is 92.5 Å². The number of aromatic hydroxyl groups is 6. The van der Waals surface area contributed by atoms with Gasteiger partial charge in [0.15, 0.2) is 29.0 Å². The summed E-state index contributed by atoms with van der Waals surface area (Å²) in [6.45, 7) is 1.41. The summed E-state index contributed by atoms with van der Waals surface area (Å²) in [5, 5.41) is 115. The van der Waals surface area contributed by atoms with Gasteiger partial charge in [-0.25, -0.2) is 4.79 Å². The fraction of sp³-hybridized carbons (Fsp3) is 0.156. The van der Waals surface area contributed by atoms with Crippen molar-refractivity contribution in [1.82, 2.24) is 31.9 Å². The van der Waals surface area contributed by atoms with E-state index in [1.165, 1.54) is 73.7 Å². The minimum Gasteiger partial charge on any atom is -0.508 e. The average molecular weight is 1440 g/mol. The third-order valence-electron chi connectivity index (χ3n) is 18.7. The van der Waals surface area contributed by atoms with Gasteiger partial charge in [-0.05, 0) is 136 Å². The third kappa shape index (κ3) is 13.2. The Morgan fingerprint density at radius 2 is 0.962 bits per heavy atom. The van der Waals surface area contributed by atoms with Crippen molar-refractivity contribution >= 4 is 52.8 Å². The number of carbonyl (C=O) groups excluding carboxylic acids is 7. The Bertz CT molecular complexity index is 5340. The first-order valence-corrected chi connectivity index (χ1v) is 32.8. The summed E-state index contributed by atoms with van der Waals surface area (Å²) in [7, 11) is 0.966. The number of fused-ring (bicyclic) bond motifs is 14. The summed E-state index contributed by atoms with van der Waals surface area (Å²) in [5.41, 5.74) is -2.34. The summed E-state index contributed by atoms with van der Waals surface area (Å²) in [4.78, 5) is 134. The van der Waals surface area contributed by atoms with Gasteiger partial charge in [-0.1, -0.05) is 91.0 Å². The number of hydrogen-bond acceptors (Lipinski definition) is 23. The molecule has 536 valence electrons. The van der Waals surface area contributed by atoms with Crippen molar-refractivity contribution < 1.29 is 93.4 Å². The van der Waals surface area contributed by atoms with Crippen LogP contribution in [0.25, 0.3) is 22.3 Å². The Labute approximate surface area is 598 Å². The van der Waals surface area contributed by atoms with Crippen LogP contribution in [-0.4, -0.2) is 101 Å². The number of benzene rings is 9. The molecule has 0 saturated heterocycles. The number of aliphatic hydroxyl groups excluding tert-OH is 2. The maximum absolute atomic E-state index is 16.0. The molecule has 6 amide bonds. The molecule has 0 fully saturated rings. The molecule has 0 unspecified atom stereocenters. The van der Waals surface area contributed by atoms with Crippen LogP contribution in [0, 0.1) is 6.92 Å². The molecule has 6 aliphatic rings. The van der Waals surface area contributed by atoms with Crippen LogP contribution in [0.2, 0.25) is 0 Å². The van der Waals surface area contributed by atoms with Gasteiger partial charge in [0.25, 0.3) is 10.9 Å². The number of phenolic OH excluding ortho intramolecular Hbond substituents is 6. The number of hydrogen-bond donors (Lipinski definition) is 16. The predicted octanol–water partition coefficient (Wildman–Crippen LogP) is 6.59. The fourth-order valence-electron chi connectivity index (χ4n) is 13.0. The van der Waals surface area contributed by atoms with Crippen LogP contribution >= 0.6 is 0 Å². The van der Waals surface area contributed by atoms with Crippen molar-refractivity contribution in [3.63, 3.8) is 0 Å². The normalized spacial score (nSPS) is 20.6. The summed E-state index contributed by atoms with van der Waals surface area (Å²) < 4.78 is 23.9. The number of phenols is 6. The standard InChI is InChI=1S/C77H62N8O21/c1-33-50(89)25-41-27-52(33)106-53-26-40(17-23-49(53)88)57(79-63-62(69(94)70(63)95)78-32-34-8-10-36(11-9-34)35-6-4-3-5-7-35)71(96)84-64-66(91)37-12-18-44(19-13-37)104-54-28-42-29-55(68(54)93)105-45-20-14-38(15-21-45)67(92)65-76(101)83-61(77(102)103-2)47-30-43(86)31-51(90)56(47)46-24-39(16-22-48(46)87)58(72(97)85-65)80-74(99)60(42)81-73(98)59(41)82-75(64)100/h3-31,57-61,64-67,78-79,86-93H,32H2,1-2H3,(H,80,99)(H,81,98)(H,82,100)(H,83,101)(H,84,96)(H,85,97)/t57-,58-,59+,60-,61-,64-,65-,66-,67-/m1/s1. The summed E-state index contributed by atoms with van der Waals surface area (Å²) in [5.74, 6) is -14.7. The van der Waals surface area contributed by atoms with Gasteiger partial charge in [0.05, 0.1) is 7.11 Å². The number of rotatable bonds is 7. The highest BCUT2D eigenvalue weighted by molar-refractivity contribution is 6.00. The third-order valence-corrected chi connectivity index (χ3v) is 18.7. The van der Waals surface area contributed by atoms with E-state index >= 15 is 24.0 Å². The minimum atomic E-state index is -2.21. The molecule has 10 aromatic carbocycles. The molecule has 29 heteroatoms. The van der Waals surface area contributed by atoms with Crippen LogP contribution in [0.3, 0.4) is 0 Å². The number of esters is 1. The summed E-state index contributed by atoms with van der Waals surface area (Å²) in [6, 6.07) is 25.8. The first-order chi connectivity index (χ1) is 50.9. The van der Waals surface area contributed by atoms with E-state index in [-0.39, 0.29) is 85.2 Å². The highest BCUT2D eigenvalue weighted by Gasteiger charge is 2.43. The number of amides is 6. The number of anilines is 2. The van der Waals surface area contributed by atoms with E-state index in [9.17, 15) is 60.0 Å². The largest absolute Gasteiger partial charge is 0.508 e. The maximum Gasteiger partial charge on any atom is 0.333 e. The van der Waals surface area contributed by atoms with E-state index in [0.717, 1.165) is 72.8 Å². The van der Waals surface area contributed by atoms with Crippen molar-refractivity contribution in [3.05, 3.63) is 246 Å². The number of carbonyl (C=O) groups is 7. The average Bonchev–Trinajstić information content (AvgIpc) is 0.770. The van der Waals surface area contributed by atoms with E-state index < -0.39 is 164 Å². The minimum absolute atomic E-state index is 0.0218. The van der Waals surface area contributed by atoms with Crippen LogP contribution in [0.15, 0.2) is 186 Å². The smallest absolute Gasteiger partial charge is 0.333 e. The van der Waals surface area contributed by atoms with Crippen LogP contribution in [-0.2, 0) is 44.8 Å². The van der Waals surface area contributed by atoms with E-state index in [0.29, 0.717) is 5.56 Å². The Morgan fingerprint density at radius 3 is 1.58 bits per heavy atom. The van der Waals surface area contributed by atoms with Gasteiger partial charge in [-0.15, -0.1) is 0 Å². The van der Waals surface area contributed by atoms with Gasteiger partial charge < -0.3 is 102 Å². The van der Waals surface area contributed by atoms with Gasteiger partial charge in [-0.3, -0.25) is 38.4 Å².